The fourth-order valence-corrected chi connectivity index (χ4v) is 5.13. The van der Waals surface area contributed by atoms with Crippen molar-refractivity contribution in [2.75, 3.05) is 5.75 Å². The number of hydrogen-bond acceptors (Lipinski definition) is 6. The Morgan fingerprint density at radius 3 is 2.88 bits per heavy atom. The summed E-state index contributed by atoms with van der Waals surface area (Å²) in [6, 6.07) is 3.78. The molecule has 4 rings (SSSR count). The zero-order chi connectivity index (χ0) is 17.7. The van der Waals surface area contributed by atoms with Crippen molar-refractivity contribution in [2.24, 2.45) is 16.7 Å². The normalized spacial score (nSPS) is 29.9. The molecule has 0 spiro atoms. The van der Waals surface area contributed by atoms with E-state index in [-0.39, 0.29) is 23.1 Å². The van der Waals surface area contributed by atoms with E-state index in [0.29, 0.717) is 28.2 Å². The Morgan fingerprint density at radius 1 is 1.40 bits per heavy atom. The SMILES string of the molecule is CC1(C)C2CCC1(C)C(NC(=O)CSc1nnc(-c3ccco3)o1)C2. The predicted octanol–water partition coefficient (Wildman–Crippen LogP) is 3.75. The predicted molar refractivity (Wildman–Crippen MR) is 93.9 cm³/mol. The molecule has 2 aliphatic carbocycles. The molecule has 2 fully saturated rings. The number of rotatable bonds is 5. The monoisotopic (exact) mass is 361 g/mol. The molecule has 3 atom stereocenters. The number of hydrogen-bond donors (Lipinski definition) is 1. The van der Waals surface area contributed by atoms with Crippen molar-refractivity contribution < 1.29 is 13.6 Å². The average Bonchev–Trinajstić information content (AvgIpc) is 3.31. The van der Waals surface area contributed by atoms with Crippen LogP contribution in [0.2, 0.25) is 0 Å². The Hall–Kier alpha value is -1.76. The van der Waals surface area contributed by atoms with E-state index < -0.39 is 0 Å². The first-order chi connectivity index (χ1) is 11.9. The first-order valence-corrected chi connectivity index (χ1v) is 9.68. The molecule has 7 heteroatoms. The van der Waals surface area contributed by atoms with E-state index in [1.807, 2.05) is 0 Å². The lowest BCUT2D eigenvalue weighted by Gasteiger charge is -2.39. The van der Waals surface area contributed by atoms with E-state index in [4.69, 9.17) is 8.83 Å². The summed E-state index contributed by atoms with van der Waals surface area (Å²) >= 11 is 1.25. The fourth-order valence-electron chi connectivity index (χ4n) is 4.55. The second kappa shape index (κ2) is 5.90. The molecule has 134 valence electrons. The van der Waals surface area contributed by atoms with Gasteiger partial charge in [-0.2, -0.15) is 0 Å². The van der Waals surface area contributed by atoms with Crippen LogP contribution >= 0.6 is 11.8 Å². The fraction of sp³-hybridized carbons (Fsp3) is 0.611. The number of nitrogens with one attached hydrogen (secondary N) is 1. The van der Waals surface area contributed by atoms with Crippen molar-refractivity contribution >= 4 is 17.7 Å². The highest BCUT2D eigenvalue weighted by Gasteiger charge is 2.61. The van der Waals surface area contributed by atoms with Crippen molar-refractivity contribution in [2.45, 2.75) is 51.3 Å². The molecule has 2 heterocycles. The van der Waals surface area contributed by atoms with Crippen LogP contribution in [-0.4, -0.2) is 27.9 Å². The maximum atomic E-state index is 12.4. The minimum atomic E-state index is 0.0253. The van der Waals surface area contributed by atoms with Crippen LogP contribution in [0.5, 0.6) is 0 Å². The Bertz CT molecular complexity index is 770. The van der Waals surface area contributed by atoms with E-state index >= 15 is 0 Å². The number of aromatic nitrogens is 2. The van der Waals surface area contributed by atoms with Gasteiger partial charge in [-0.05, 0) is 48.1 Å². The molecule has 1 N–H and O–H groups in total. The van der Waals surface area contributed by atoms with E-state index in [9.17, 15) is 4.79 Å². The molecule has 2 aromatic heterocycles. The van der Waals surface area contributed by atoms with Crippen molar-refractivity contribution in [1.29, 1.82) is 0 Å². The molecule has 2 bridgehead atoms. The molecule has 0 aromatic carbocycles. The van der Waals surface area contributed by atoms with Gasteiger partial charge in [-0.3, -0.25) is 4.79 Å². The smallest absolute Gasteiger partial charge is 0.284 e. The van der Waals surface area contributed by atoms with Gasteiger partial charge in [-0.1, -0.05) is 32.5 Å². The van der Waals surface area contributed by atoms with Gasteiger partial charge in [0.2, 0.25) is 5.91 Å². The minimum Gasteiger partial charge on any atom is -0.459 e. The number of furan rings is 1. The molecule has 0 saturated heterocycles. The van der Waals surface area contributed by atoms with Gasteiger partial charge >= 0.3 is 0 Å². The molecular formula is C18H23N3O3S. The van der Waals surface area contributed by atoms with Crippen LogP contribution in [0.4, 0.5) is 0 Å². The van der Waals surface area contributed by atoms with E-state index in [1.54, 1.807) is 18.4 Å². The van der Waals surface area contributed by atoms with Crippen molar-refractivity contribution in [3.8, 4) is 11.7 Å². The van der Waals surface area contributed by atoms with Crippen LogP contribution in [0.15, 0.2) is 32.5 Å². The number of amides is 1. The topological polar surface area (TPSA) is 81.2 Å². The summed E-state index contributed by atoms with van der Waals surface area (Å²) in [6.45, 7) is 7.02. The quantitative estimate of drug-likeness (QED) is 0.817. The molecular weight excluding hydrogens is 338 g/mol. The molecule has 2 saturated carbocycles. The third-order valence-electron chi connectivity index (χ3n) is 6.59. The standard InChI is InChI=1S/C18H23N3O3S/c1-17(2)11-6-7-18(17,3)13(9-11)19-14(22)10-25-16-21-20-15(24-16)12-5-4-8-23-12/h4-5,8,11,13H,6-7,9-10H2,1-3H3,(H,19,22). The Kier molecular flexibility index (Phi) is 3.94. The van der Waals surface area contributed by atoms with Gasteiger partial charge in [0, 0.05) is 6.04 Å². The summed E-state index contributed by atoms with van der Waals surface area (Å²) in [4.78, 5) is 12.4. The van der Waals surface area contributed by atoms with Gasteiger partial charge < -0.3 is 14.2 Å². The van der Waals surface area contributed by atoms with Crippen molar-refractivity contribution in [3.05, 3.63) is 18.4 Å². The van der Waals surface area contributed by atoms with Crippen LogP contribution in [-0.2, 0) is 4.79 Å². The van der Waals surface area contributed by atoms with Crippen LogP contribution < -0.4 is 5.32 Å². The molecule has 2 aromatic rings. The zero-order valence-corrected chi connectivity index (χ0v) is 15.6. The Labute approximate surface area is 151 Å². The van der Waals surface area contributed by atoms with Crippen molar-refractivity contribution in [1.82, 2.24) is 15.5 Å². The molecule has 1 amide bonds. The number of nitrogens with zero attached hydrogens (tertiary/aromatic N) is 2. The molecule has 3 unspecified atom stereocenters. The van der Waals surface area contributed by atoms with E-state index in [0.717, 1.165) is 6.42 Å². The number of thioether (sulfide) groups is 1. The molecule has 2 aliphatic rings. The summed E-state index contributed by atoms with van der Waals surface area (Å²) < 4.78 is 10.7. The summed E-state index contributed by atoms with van der Waals surface area (Å²) in [5.74, 6) is 1.87. The van der Waals surface area contributed by atoms with Crippen LogP contribution in [0.25, 0.3) is 11.7 Å². The first kappa shape index (κ1) is 16.7. The summed E-state index contributed by atoms with van der Waals surface area (Å²) in [7, 11) is 0. The maximum Gasteiger partial charge on any atom is 0.284 e. The zero-order valence-electron chi connectivity index (χ0n) is 14.7. The largest absolute Gasteiger partial charge is 0.459 e. The molecule has 0 radical (unpaired) electrons. The van der Waals surface area contributed by atoms with E-state index in [1.165, 1.54) is 24.6 Å². The maximum absolute atomic E-state index is 12.4. The average molecular weight is 361 g/mol. The third-order valence-corrected chi connectivity index (χ3v) is 7.41. The van der Waals surface area contributed by atoms with Crippen molar-refractivity contribution in [3.63, 3.8) is 0 Å². The molecule has 6 nitrogen and oxygen atoms in total. The second-order valence-corrected chi connectivity index (χ2v) is 8.80. The van der Waals surface area contributed by atoms with E-state index in [2.05, 4.69) is 36.3 Å². The third kappa shape index (κ3) is 2.69. The second-order valence-electron chi connectivity index (χ2n) is 7.87. The molecule has 25 heavy (non-hydrogen) atoms. The summed E-state index contributed by atoms with van der Waals surface area (Å²) in [6.07, 6.45) is 5.11. The number of carbonyl (C=O) groups is 1. The summed E-state index contributed by atoms with van der Waals surface area (Å²) in [5, 5.41) is 11.5. The van der Waals surface area contributed by atoms with Gasteiger partial charge in [-0.25, -0.2) is 0 Å². The highest BCUT2D eigenvalue weighted by Crippen LogP contribution is 2.65. The Morgan fingerprint density at radius 2 is 2.24 bits per heavy atom. The lowest BCUT2D eigenvalue weighted by Crippen LogP contribution is -2.47. The molecule has 0 aliphatic heterocycles. The van der Waals surface area contributed by atoms with Gasteiger partial charge in [0.05, 0.1) is 12.0 Å². The van der Waals surface area contributed by atoms with Gasteiger partial charge in [0.1, 0.15) is 0 Å². The van der Waals surface area contributed by atoms with Crippen LogP contribution in [0.1, 0.15) is 40.0 Å². The number of carbonyl (C=O) groups excluding carboxylic acids is 1. The number of fused-ring (bicyclic) bond motifs is 2. The Balaban J connectivity index is 1.33. The minimum absolute atomic E-state index is 0.0253. The van der Waals surface area contributed by atoms with Gasteiger partial charge in [0.25, 0.3) is 11.1 Å². The first-order valence-electron chi connectivity index (χ1n) is 8.70. The van der Waals surface area contributed by atoms with Crippen LogP contribution in [0.3, 0.4) is 0 Å². The van der Waals surface area contributed by atoms with Gasteiger partial charge in [-0.15, -0.1) is 10.2 Å². The lowest BCUT2D eigenvalue weighted by molar-refractivity contribution is -0.120. The van der Waals surface area contributed by atoms with Crippen LogP contribution in [0, 0.1) is 16.7 Å². The lowest BCUT2D eigenvalue weighted by atomic mass is 9.69. The summed E-state index contributed by atoms with van der Waals surface area (Å²) in [5.41, 5.74) is 0.484. The highest BCUT2D eigenvalue weighted by molar-refractivity contribution is 7.99. The van der Waals surface area contributed by atoms with Gasteiger partial charge in [0.15, 0.2) is 5.76 Å². The highest BCUT2D eigenvalue weighted by atomic mass is 32.2.